The van der Waals surface area contributed by atoms with Crippen LogP contribution in [0.25, 0.3) is 0 Å². The molecule has 1 saturated carbocycles. The first-order valence-electron chi connectivity index (χ1n) is 6.79. The average molecular weight is 262 g/mol. The quantitative estimate of drug-likeness (QED) is 0.873. The summed E-state index contributed by atoms with van der Waals surface area (Å²) in [4.78, 5) is 12.2. The van der Waals surface area contributed by atoms with E-state index in [9.17, 15) is 4.79 Å². The Hall–Kier alpha value is -1.55. The highest BCUT2D eigenvalue weighted by Crippen LogP contribution is 2.28. The molecule has 1 aromatic carbocycles. The van der Waals surface area contributed by atoms with Gasteiger partial charge in [0.1, 0.15) is 5.75 Å². The SMILES string of the molecule is COc1ccc([C@@H](C)NC(=O)C2(N)CCCC2)cc1. The number of hydrogen-bond acceptors (Lipinski definition) is 3. The molecular formula is C15H22N2O2. The van der Waals surface area contributed by atoms with Gasteiger partial charge in [-0.25, -0.2) is 0 Å². The van der Waals surface area contributed by atoms with Crippen molar-refractivity contribution in [1.29, 1.82) is 0 Å². The third-order valence-electron chi connectivity index (χ3n) is 3.91. The zero-order chi connectivity index (χ0) is 13.9. The summed E-state index contributed by atoms with van der Waals surface area (Å²) in [6.45, 7) is 1.97. The van der Waals surface area contributed by atoms with Gasteiger partial charge in [-0.15, -0.1) is 0 Å². The van der Waals surface area contributed by atoms with Gasteiger partial charge in [-0.05, 0) is 37.5 Å². The summed E-state index contributed by atoms with van der Waals surface area (Å²) < 4.78 is 5.12. The number of nitrogens with two attached hydrogens (primary N) is 1. The molecule has 0 bridgehead atoms. The molecule has 0 heterocycles. The Kier molecular flexibility index (Phi) is 4.10. The van der Waals surface area contributed by atoms with Crippen molar-refractivity contribution in [3.05, 3.63) is 29.8 Å². The number of nitrogens with one attached hydrogen (secondary N) is 1. The van der Waals surface area contributed by atoms with Gasteiger partial charge in [-0.3, -0.25) is 4.79 Å². The summed E-state index contributed by atoms with van der Waals surface area (Å²) in [5, 5.41) is 3.01. The summed E-state index contributed by atoms with van der Waals surface area (Å²) in [5.74, 6) is 0.779. The van der Waals surface area contributed by atoms with Gasteiger partial charge < -0.3 is 15.8 Å². The number of carbonyl (C=O) groups excluding carboxylic acids is 1. The van der Waals surface area contributed by atoms with Crippen LogP contribution in [0.3, 0.4) is 0 Å². The minimum atomic E-state index is -0.666. The Bertz CT molecular complexity index is 436. The zero-order valence-electron chi connectivity index (χ0n) is 11.6. The van der Waals surface area contributed by atoms with Crippen LogP contribution in [0.15, 0.2) is 24.3 Å². The second kappa shape index (κ2) is 5.61. The normalized spacial score (nSPS) is 18.9. The summed E-state index contributed by atoms with van der Waals surface area (Å²) in [5.41, 5.74) is 6.53. The van der Waals surface area contributed by atoms with E-state index in [0.29, 0.717) is 0 Å². The largest absolute Gasteiger partial charge is 0.497 e. The zero-order valence-corrected chi connectivity index (χ0v) is 11.6. The van der Waals surface area contributed by atoms with Crippen LogP contribution in [0, 0.1) is 0 Å². The number of benzene rings is 1. The fourth-order valence-corrected chi connectivity index (χ4v) is 2.55. The molecule has 1 amide bonds. The topological polar surface area (TPSA) is 64.3 Å². The number of hydrogen-bond donors (Lipinski definition) is 2. The van der Waals surface area contributed by atoms with Crippen LogP contribution < -0.4 is 15.8 Å². The molecule has 1 fully saturated rings. The van der Waals surface area contributed by atoms with Crippen LogP contribution in [-0.4, -0.2) is 18.6 Å². The van der Waals surface area contributed by atoms with Gasteiger partial charge in [0.05, 0.1) is 18.7 Å². The van der Waals surface area contributed by atoms with Crippen LogP contribution in [0.1, 0.15) is 44.2 Å². The van der Waals surface area contributed by atoms with Gasteiger partial charge in [0.15, 0.2) is 0 Å². The van der Waals surface area contributed by atoms with Gasteiger partial charge in [0, 0.05) is 0 Å². The molecule has 1 atom stereocenters. The Morgan fingerprint density at radius 3 is 2.42 bits per heavy atom. The van der Waals surface area contributed by atoms with E-state index in [1.54, 1.807) is 7.11 Å². The van der Waals surface area contributed by atoms with E-state index in [-0.39, 0.29) is 11.9 Å². The molecule has 0 saturated heterocycles. The minimum Gasteiger partial charge on any atom is -0.497 e. The van der Waals surface area contributed by atoms with Crippen molar-refractivity contribution in [1.82, 2.24) is 5.32 Å². The van der Waals surface area contributed by atoms with Crippen molar-refractivity contribution in [3.63, 3.8) is 0 Å². The molecule has 0 aromatic heterocycles. The summed E-state index contributed by atoms with van der Waals surface area (Å²) in [6.07, 6.45) is 3.66. The summed E-state index contributed by atoms with van der Waals surface area (Å²) in [6, 6.07) is 7.67. The van der Waals surface area contributed by atoms with Gasteiger partial charge in [-0.2, -0.15) is 0 Å². The molecule has 104 valence electrons. The van der Waals surface area contributed by atoms with E-state index in [0.717, 1.165) is 37.0 Å². The van der Waals surface area contributed by atoms with Crippen molar-refractivity contribution in [3.8, 4) is 5.75 Å². The number of ether oxygens (including phenoxy) is 1. The van der Waals surface area contributed by atoms with Crippen LogP contribution in [-0.2, 0) is 4.79 Å². The highest BCUT2D eigenvalue weighted by atomic mass is 16.5. The molecule has 0 radical (unpaired) electrons. The fraction of sp³-hybridized carbons (Fsp3) is 0.533. The lowest BCUT2D eigenvalue weighted by atomic mass is 9.97. The van der Waals surface area contributed by atoms with Crippen LogP contribution in [0.5, 0.6) is 5.75 Å². The predicted molar refractivity (Wildman–Crippen MR) is 74.9 cm³/mol. The summed E-state index contributed by atoms with van der Waals surface area (Å²) >= 11 is 0. The number of rotatable bonds is 4. The molecule has 1 aromatic rings. The molecule has 0 aliphatic heterocycles. The van der Waals surface area contributed by atoms with Gasteiger partial charge in [-0.1, -0.05) is 25.0 Å². The van der Waals surface area contributed by atoms with Gasteiger partial charge in [0.25, 0.3) is 0 Å². The summed E-state index contributed by atoms with van der Waals surface area (Å²) in [7, 11) is 1.64. The van der Waals surface area contributed by atoms with E-state index < -0.39 is 5.54 Å². The maximum atomic E-state index is 12.2. The first-order valence-corrected chi connectivity index (χ1v) is 6.79. The third-order valence-corrected chi connectivity index (χ3v) is 3.91. The molecule has 4 heteroatoms. The molecule has 3 N–H and O–H groups in total. The van der Waals surface area contributed by atoms with Crippen LogP contribution >= 0.6 is 0 Å². The van der Waals surface area contributed by atoms with E-state index in [2.05, 4.69) is 5.32 Å². The lowest BCUT2D eigenvalue weighted by molar-refractivity contribution is -0.126. The van der Waals surface area contributed by atoms with Gasteiger partial charge >= 0.3 is 0 Å². The van der Waals surface area contributed by atoms with Crippen molar-refractivity contribution in [2.24, 2.45) is 5.73 Å². The Balaban J connectivity index is 1.99. The second-order valence-electron chi connectivity index (χ2n) is 5.33. The number of methoxy groups -OCH3 is 1. The first kappa shape index (κ1) is 13.9. The van der Waals surface area contributed by atoms with E-state index >= 15 is 0 Å². The third kappa shape index (κ3) is 3.07. The van der Waals surface area contributed by atoms with Crippen molar-refractivity contribution >= 4 is 5.91 Å². The molecule has 1 aliphatic carbocycles. The highest BCUT2D eigenvalue weighted by Gasteiger charge is 2.37. The maximum absolute atomic E-state index is 12.2. The highest BCUT2D eigenvalue weighted by molar-refractivity contribution is 5.86. The Morgan fingerprint density at radius 1 is 1.32 bits per heavy atom. The average Bonchev–Trinajstić information content (AvgIpc) is 2.87. The Morgan fingerprint density at radius 2 is 1.89 bits per heavy atom. The van der Waals surface area contributed by atoms with E-state index in [1.807, 2.05) is 31.2 Å². The fourth-order valence-electron chi connectivity index (χ4n) is 2.55. The Labute approximate surface area is 114 Å². The number of amides is 1. The molecule has 2 rings (SSSR count). The van der Waals surface area contributed by atoms with Gasteiger partial charge in [0.2, 0.25) is 5.91 Å². The molecule has 1 aliphatic rings. The van der Waals surface area contributed by atoms with Crippen molar-refractivity contribution in [2.75, 3.05) is 7.11 Å². The molecule has 0 spiro atoms. The molecule has 0 unspecified atom stereocenters. The van der Waals surface area contributed by atoms with Crippen LogP contribution in [0.4, 0.5) is 0 Å². The lowest BCUT2D eigenvalue weighted by Gasteiger charge is -2.25. The molecule has 19 heavy (non-hydrogen) atoms. The predicted octanol–water partition coefficient (Wildman–Crippen LogP) is 2.14. The smallest absolute Gasteiger partial charge is 0.240 e. The van der Waals surface area contributed by atoms with E-state index in [4.69, 9.17) is 10.5 Å². The molecule has 4 nitrogen and oxygen atoms in total. The van der Waals surface area contributed by atoms with E-state index in [1.165, 1.54) is 0 Å². The van der Waals surface area contributed by atoms with Crippen molar-refractivity contribution < 1.29 is 9.53 Å². The standard InChI is InChI=1S/C15H22N2O2/c1-11(12-5-7-13(19-2)8-6-12)17-14(18)15(16)9-3-4-10-15/h5-8,11H,3-4,9-10,16H2,1-2H3,(H,17,18)/t11-/m1/s1. The minimum absolute atomic E-state index is 0.0340. The molecular weight excluding hydrogens is 240 g/mol. The second-order valence-corrected chi connectivity index (χ2v) is 5.33. The lowest BCUT2D eigenvalue weighted by Crippen LogP contribution is -2.52. The monoisotopic (exact) mass is 262 g/mol. The maximum Gasteiger partial charge on any atom is 0.240 e. The van der Waals surface area contributed by atoms with Crippen molar-refractivity contribution in [2.45, 2.75) is 44.2 Å². The number of carbonyl (C=O) groups is 1. The van der Waals surface area contributed by atoms with Crippen LogP contribution in [0.2, 0.25) is 0 Å². The first-order chi connectivity index (χ1) is 9.05.